The molecule has 0 aliphatic carbocycles. The SMILES string of the molecule is O=C1NC(=O)/C(=C/c2ccc(OCc3ccc(F)cc3)cc2OCc2ccc(F)cc2)S1. The first kappa shape index (κ1) is 21.6. The molecule has 8 heteroatoms. The van der Waals surface area contributed by atoms with E-state index in [0.717, 1.165) is 22.9 Å². The van der Waals surface area contributed by atoms with Gasteiger partial charge in [0.2, 0.25) is 0 Å². The average Bonchev–Trinajstić information content (AvgIpc) is 3.10. The fourth-order valence-electron chi connectivity index (χ4n) is 2.90. The fraction of sp³-hybridized carbons (Fsp3) is 0.0833. The maximum absolute atomic E-state index is 13.2. The van der Waals surface area contributed by atoms with Crippen LogP contribution in [0.15, 0.2) is 71.6 Å². The van der Waals surface area contributed by atoms with Crippen LogP contribution in [0, 0.1) is 11.6 Å². The Morgan fingerprint density at radius 2 is 1.41 bits per heavy atom. The van der Waals surface area contributed by atoms with Crippen molar-refractivity contribution in [2.24, 2.45) is 0 Å². The number of nitrogens with one attached hydrogen (secondary N) is 1. The number of carbonyl (C=O) groups is 2. The minimum absolute atomic E-state index is 0.163. The lowest BCUT2D eigenvalue weighted by Crippen LogP contribution is -2.17. The standard InChI is InChI=1S/C24H17F2NO4S/c25-18-6-1-15(2-7-18)13-30-20-10-5-17(11-22-23(28)27-24(29)32-22)21(12-20)31-14-16-3-8-19(26)9-4-16/h1-12H,13-14H2,(H,27,28,29)/b22-11-. The van der Waals surface area contributed by atoms with Crippen LogP contribution < -0.4 is 14.8 Å². The first-order chi connectivity index (χ1) is 15.5. The predicted molar refractivity (Wildman–Crippen MR) is 117 cm³/mol. The summed E-state index contributed by atoms with van der Waals surface area (Å²) in [4.78, 5) is 23.6. The zero-order valence-electron chi connectivity index (χ0n) is 16.6. The van der Waals surface area contributed by atoms with Crippen molar-refractivity contribution in [2.75, 3.05) is 0 Å². The van der Waals surface area contributed by atoms with Crippen LogP contribution in [0.1, 0.15) is 16.7 Å². The third kappa shape index (κ3) is 5.53. The van der Waals surface area contributed by atoms with E-state index in [2.05, 4.69) is 5.32 Å². The van der Waals surface area contributed by atoms with Crippen molar-refractivity contribution in [3.8, 4) is 11.5 Å². The molecule has 1 N–H and O–H groups in total. The number of halogens is 2. The van der Waals surface area contributed by atoms with E-state index in [4.69, 9.17) is 9.47 Å². The highest BCUT2D eigenvalue weighted by Gasteiger charge is 2.25. The molecule has 1 heterocycles. The van der Waals surface area contributed by atoms with Crippen LogP contribution in [0.25, 0.3) is 6.08 Å². The van der Waals surface area contributed by atoms with Gasteiger partial charge in [0.25, 0.3) is 11.1 Å². The van der Waals surface area contributed by atoms with Crippen molar-refractivity contribution in [2.45, 2.75) is 13.2 Å². The van der Waals surface area contributed by atoms with Gasteiger partial charge in [0.05, 0.1) is 4.91 Å². The van der Waals surface area contributed by atoms with E-state index in [9.17, 15) is 18.4 Å². The summed E-state index contributed by atoms with van der Waals surface area (Å²) in [5.41, 5.74) is 2.13. The second-order valence-corrected chi connectivity index (χ2v) is 7.90. The number of carbonyl (C=O) groups excluding carboxylic acids is 2. The quantitative estimate of drug-likeness (QED) is 0.482. The number of hydrogen-bond acceptors (Lipinski definition) is 5. The molecule has 0 bridgehead atoms. The molecule has 0 radical (unpaired) electrons. The number of rotatable bonds is 7. The molecule has 0 unspecified atom stereocenters. The summed E-state index contributed by atoms with van der Waals surface area (Å²) in [6.45, 7) is 0.390. The largest absolute Gasteiger partial charge is 0.489 e. The number of imide groups is 1. The maximum Gasteiger partial charge on any atom is 0.290 e. The second kappa shape index (κ2) is 9.65. The Labute approximate surface area is 187 Å². The van der Waals surface area contributed by atoms with Gasteiger partial charge in [0, 0.05) is 11.6 Å². The normalized spacial score (nSPS) is 14.5. The lowest BCUT2D eigenvalue weighted by molar-refractivity contribution is -0.115. The van der Waals surface area contributed by atoms with E-state index in [1.54, 1.807) is 48.5 Å². The van der Waals surface area contributed by atoms with Crippen molar-refractivity contribution >= 4 is 29.0 Å². The van der Waals surface area contributed by atoms with Gasteiger partial charge in [0.15, 0.2) is 0 Å². The Balaban J connectivity index is 1.56. The molecular formula is C24H17F2NO4S. The Morgan fingerprint density at radius 3 is 1.97 bits per heavy atom. The van der Waals surface area contributed by atoms with Gasteiger partial charge in [-0.25, -0.2) is 8.78 Å². The molecule has 1 aliphatic rings. The first-order valence-corrected chi connectivity index (χ1v) is 10.4. The molecular weight excluding hydrogens is 436 g/mol. The summed E-state index contributed by atoms with van der Waals surface area (Å²) in [6.07, 6.45) is 1.56. The van der Waals surface area contributed by atoms with Crippen LogP contribution in [0.2, 0.25) is 0 Å². The van der Waals surface area contributed by atoms with Crippen LogP contribution in [0.5, 0.6) is 11.5 Å². The van der Waals surface area contributed by atoms with E-state index in [1.807, 2.05) is 0 Å². The van der Waals surface area contributed by atoms with E-state index in [1.165, 1.54) is 24.3 Å². The van der Waals surface area contributed by atoms with Gasteiger partial charge in [-0.3, -0.25) is 14.9 Å². The summed E-state index contributed by atoms with van der Waals surface area (Å²) in [6, 6.07) is 17.0. The zero-order valence-corrected chi connectivity index (χ0v) is 17.5. The Morgan fingerprint density at radius 1 is 0.812 bits per heavy atom. The first-order valence-electron chi connectivity index (χ1n) is 9.60. The van der Waals surface area contributed by atoms with Crippen molar-refractivity contribution in [1.29, 1.82) is 0 Å². The third-order valence-electron chi connectivity index (χ3n) is 4.54. The van der Waals surface area contributed by atoms with Gasteiger partial charge in [-0.05, 0) is 65.4 Å². The van der Waals surface area contributed by atoms with E-state index in [-0.39, 0.29) is 29.8 Å². The molecule has 0 atom stereocenters. The van der Waals surface area contributed by atoms with Gasteiger partial charge in [-0.2, -0.15) is 0 Å². The summed E-state index contributed by atoms with van der Waals surface area (Å²) < 4.78 is 37.9. The van der Waals surface area contributed by atoms with Crippen LogP contribution >= 0.6 is 11.8 Å². The third-order valence-corrected chi connectivity index (χ3v) is 5.35. The number of amides is 2. The van der Waals surface area contributed by atoms with Gasteiger partial charge in [-0.1, -0.05) is 24.3 Å². The molecule has 1 aliphatic heterocycles. The van der Waals surface area contributed by atoms with Crippen LogP contribution in [-0.4, -0.2) is 11.1 Å². The lowest BCUT2D eigenvalue weighted by atomic mass is 10.1. The highest BCUT2D eigenvalue weighted by atomic mass is 32.2. The lowest BCUT2D eigenvalue weighted by Gasteiger charge is -2.13. The van der Waals surface area contributed by atoms with Crippen molar-refractivity contribution < 1.29 is 27.8 Å². The number of hydrogen-bond donors (Lipinski definition) is 1. The van der Waals surface area contributed by atoms with Crippen LogP contribution in [0.4, 0.5) is 13.6 Å². The summed E-state index contributed by atoms with van der Waals surface area (Å²) in [5, 5.41) is 1.78. The second-order valence-electron chi connectivity index (χ2n) is 6.88. The molecule has 1 saturated heterocycles. The van der Waals surface area contributed by atoms with Gasteiger partial charge < -0.3 is 9.47 Å². The van der Waals surface area contributed by atoms with Crippen molar-refractivity contribution in [1.82, 2.24) is 5.32 Å². The summed E-state index contributed by atoms with van der Waals surface area (Å²) in [7, 11) is 0. The number of thioether (sulfide) groups is 1. The van der Waals surface area contributed by atoms with E-state index >= 15 is 0 Å². The topological polar surface area (TPSA) is 64.6 Å². The van der Waals surface area contributed by atoms with E-state index < -0.39 is 11.1 Å². The molecule has 3 aromatic carbocycles. The number of benzene rings is 3. The molecule has 162 valence electrons. The Bertz CT molecular complexity index is 1180. The molecule has 5 nitrogen and oxygen atoms in total. The monoisotopic (exact) mass is 453 g/mol. The zero-order chi connectivity index (χ0) is 22.5. The Kier molecular flexibility index (Phi) is 6.51. The summed E-state index contributed by atoms with van der Waals surface area (Å²) >= 11 is 0.809. The van der Waals surface area contributed by atoms with Gasteiger partial charge in [-0.15, -0.1) is 0 Å². The molecule has 4 rings (SSSR count). The van der Waals surface area contributed by atoms with Gasteiger partial charge >= 0.3 is 0 Å². The smallest absolute Gasteiger partial charge is 0.290 e. The van der Waals surface area contributed by atoms with Crippen LogP contribution in [0.3, 0.4) is 0 Å². The molecule has 3 aromatic rings. The minimum atomic E-state index is -0.471. The molecule has 32 heavy (non-hydrogen) atoms. The minimum Gasteiger partial charge on any atom is -0.489 e. The fourth-order valence-corrected chi connectivity index (χ4v) is 3.57. The van der Waals surface area contributed by atoms with Gasteiger partial charge in [0.1, 0.15) is 36.3 Å². The molecule has 0 saturated carbocycles. The highest BCUT2D eigenvalue weighted by Crippen LogP contribution is 2.32. The molecule has 2 amide bonds. The highest BCUT2D eigenvalue weighted by molar-refractivity contribution is 8.18. The molecule has 0 aromatic heterocycles. The maximum atomic E-state index is 13.2. The average molecular weight is 453 g/mol. The molecule has 0 spiro atoms. The predicted octanol–water partition coefficient (Wildman–Crippen LogP) is 5.45. The summed E-state index contributed by atoms with van der Waals surface area (Å²) in [5.74, 6) is -0.211. The molecule has 1 fully saturated rings. The number of ether oxygens (including phenoxy) is 2. The Hall–Kier alpha value is -3.65. The van der Waals surface area contributed by atoms with E-state index in [0.29, 0.717) is 17.1 Å². The van der Waals surface area contributed by atoms with Crippen LogP contribution in [-0.2, 0) is 18.0 Å². The van der Waals surface area contributed by atoms with Crippen molar-refractivity contribution in [3.05, 3.63) is 100.0 Å². The van der Waals surface area contributed by atoms with Crippen molar-refractivity contribution in [3.63, 3.8) is 0 Å².